The molecule has 0 saturated carbocycles. The van der Waals surface area contributed by atoms with Gasteiger partial charge in [-0.15, -0.1) is 0 Å². The molecule has 1 rings (SSSR count). The van der Waals surface area contributed by atoms with E-state index in [9.17, 15) is 10.2 Å². The first kappa shape index (κ1) is 11.2. The molecule has 0 fully saturated rings. The Morgan fingerprint density at radius 3 is 2.14 bits per heavy atom. The van der Waals surface area contributed by atoms with Crippen molar-refractivity contribution in [3.05, 3.63) is 35.9 Å². The predicted octanol–water partition coefficient (Wildman–Crippen LogP) is 2.13. The number of benzene rings is 1. The third kappa shape index (κ3) is 3.13. The van der Waals surface area contributed by atoms with Crippen LogP contribution in [0.15, 0.2) is 30.3 Å². The van der Waals surface area contributed by atoms with Gasteiger partial charge in [-0.1, -0.05) is 44.2 Å². The second-order valence-corrected chi connectivity index (χ2v) is 3.97. The van der Waals surface area contributed by atoms with Crippen molar-refractivity contribution in [3.8, 4) is 0 Å². The van der Waals surface area contributed by atoms with E-state index in [4.69, 9.17) is 0 Å². The van der Waals surface area contributed by atoms with Gasteiger partial charge in [-0.25, -0.2) is 0 Å². The van der Waals surface area contributed by atoms with Gasteiger partial charge < -0.3 is 10.2 Å². The molecule has 0 unspecified atom stereocenters. The maximum absolute atomic E-state index is 9.78. The van der Waals surface area contributed by atoms with Gasteiger partial charge in [0.2, 0.25) is 0 Å². The fourth-order valence-corrected chi connectivity index (χ4v) is 1.31. The lowest BCUT2D eigenvalue weighted by molar-refractivity contribution is 0.0532. The minimum Gasteiger partial charge on any atom is -0.393 e. The van der Waals surface area contributed by atoms with Crippen molar-refractivity contribution in [3.63, 3.8) is 0 Å². The summed E-state index contributed by atoms with van der Waals surface area (Å²) in [7, 11) is 0. The largest absolute Gasteiger partial charge is 0.393 e. The third-order valence-electron chi connectivity index (χ3n) is 2.42. The van der Waals surface area contributed by atoms with Gasteiger partial charge in [0.15, 0.2) is 0 Å². The normalized spacial score (nSPS) is 15.5. The highest BCUT2D eigenvalue weighted by atomic mass is 16.3. The molecule has 14 heavy (non-hydrogen) atoms. The molecule has 0 amide bonds. The minimum absolute atomic E-state index is 0.188. The van der Waals surface area contributed by atoms with E-state index in [1.165, 1.54) is 0 Å². The fourth-order valence-electron chi connectivity index (χ4n) is 1.31. The SMILES string of the molecule is CC(C)[C@H](O)C[C@H](O)c1ccccc1. The van der Waals surface area contributed by atoms with E-state index in [1.54, 1.807) is 0 Å². The van der Waals surface area contributed by atoms with Gasteiger partial charge in [-0.05, 0) is 11.5 Å². The van der Waals surface area contributed by atoms with Crippen LogP contribution in [0.5, 0.6) is 0 Å². The van der Waals surface area contributed by atoms with Crippen LogP contribution in [0.3, 0.4) is 0 Å². The number of aliphatic hydroxyl groups excluding tert-OH is 2. The Labute approximate surface area is 85.2 Å². The molecule has 1 aromatic carbocycles. The molecule has 0 aliphatic heterocycles. The number of aliphatic hydroxyl groups is 2. The highest BCUT2D eigenvalue weighted by Gasteiger charge is 2.15. The summed E-state index contributed by atoms with van der Waals surface area (Å²) < 4.78 is 0. The molecule has 2 nitrogen and oxygen atoms in total. The van der Waals surface area contributed by atoms with Gasteiger partial charge in [0.1, 0.15) is 0 Å². The van der Waals surface area contributed by atoms with Crippen LogP contribution < -0.4 is 0 Å². The molecular weight excluding hydrogens is 176 g/mol. The second-order valence-electron chi connectivity index (χ2n) is 3.97. The summed E-state index contributed by atoms with van der Waals surface area (Å²) >= 11 is 0. The Morgan fingerprint density at radius 1 is 1.07 bits per heavy atom. The maximum Gasteiger partial charge on any atom is 0.0814 e. The van der Waals surface area contributed by atoms with Crippen LogP contribution in [0.1, 0.15) is 31.9 Å². The first-order chi connectivity index (χ1) is 6.61. The molecule has 78 valence electrons. The molecule has 0 saturated heterocycles. The molecule has 2 atom stereocenters. The van der Waals surface area contributed by atoms with Gasteiger partial charge in [0, 0.05) is 6.42 Å². The van der Waals surface area contributed by atoms with Crippen molar-refractivity contribution in [1.82, 2.24) is 0 Å². The molecule has 0 aliphatic rings. The molecule has 0 radical (unpaired) electrons. The maximum atomic E-state index is 9.78. The van der Waals surface area contributed by atoms with Crippen LogP contribution in [0, 0.1) is 5.92 Å². The molecule has 0 aliphatic carbocycles. The molecule has 1 aromatic rings. The second kappa shape index (κ2) is 5.13. The summed E-state index contributed by atoms with van der Waals surface area (Å²) in [5.41, 5.74) is 0.868. The van der Waals surface area contributed by atoms with Gasteiger partial charge in [-0.3, -0.25) is 0 Å². The van der Waals surface area contributed by atoms with Gasteiger partial charge in [0.25, 0.3) is 0 Å². The number of hydrogen-bond donors (Lipinski definition) is 2. The predicted molar refractivity (Wildman–Crippen MR) is 56.9 cm³/mol. The van der Waals surface area contributed by atoms with Crippen LogP contribution in [-0.4, -0.2) is 16.3 Å². The zero-order chi connectivity index (χ0) is 10.6. The van der Waals surface area contributed by atoms with Crippen molar-refractivity contribution < 1.29 is 10.2 Å². The molecule has 0 spiro atoms. The van der Waals surface area contributed by atoms with Gasteiger partial charge in [0.05, 0.1) is 12.2 Å². The van der Waals surface area contributed by atoms with E-state index in [2.05, 4.69) is 0 Å². The van der Waals surface area contributed by atoms with E-state index in [-0.39, 0.29) is 5.92 Å². The van der Waals surface area contributed by atoms with Gasteiger partial charge >= 0.3 is 0 Å². The van der Waals surface area contributed by atoms with Crippen LogP contribution in [0.25, 0.3) is 0 Å². The average molecular weight is 194 g/mol. The summed E-state index contributed by atoms with van der Waals surface area (Å²) in [6, 6.07) is 9.44. The highest BCUT2D eigenvalue weighted by molar-refractivity contribution is 5.17. The Morgan fingerprint density at radius 2 is 1.64 bits per heavy atom. The Balaban J connectivity index is 2.55. The summed E-state index contributed by atoms with van der Waals surface area (Å²) in [6.07, 6.45) is -0.597. The van der Waals surface area contributed by atoms with E-state index in [1.807, 2.05) is 44.2 Å². The standard InChI is InChI=1S/C12H18O2/c1-9(2)11(13)8-12(14)10-6-4-3-5-7-10/h3-7,9,11-14H,8H2,1-2H3/t11-,12+/m1/s1. The van der Waals surface area contributed by atoms with E-state index >= 15 is 0 Å². The smallest absolute Gasteiger partial charge is 0.0814 e. The van der Waals surface area contributed by atoms with Gasteiger partial charge in [-0.2, -0.15) is 0 Å². The topological polar surface area (TPSA) is 40.5 Å². The van der Waals surface area contributed by atoms with Crippen LogP contribution in [0.2, 0.25) is 0 Å². The Hall–Kier alpha value is -0.860. The summed E-state index contributed by atoms with van der Waals surface area (Å²) in [6.45, 7) is 3.89. The fraction of sp³-hybridized carbons (Fsp3) is 0.500. The first-order valence-corrected chi connectivity index (χ1v) is 5.02. The van der Waals surface area contributed by atoms with Crippen LogP contribution in [0.4, 0.5) is 0 Å². The Kier molecular flexibility index (Phi) is 4.11. The van der Waals surface area contributed by atoms with E-state index < -0.39 is 12.2 Å². The van der Waals surface area contributed by atoms with Crippen LogP contribution in [-0.2, 0) is 0 Å². The van der Waals surface area contributed by atoms with Crippen molar-refractivity contribution in [2.75, 3.05) is 0 Å². The number of hydrogen-bond acceptors (Lipinski definition) is 2. The molecule has 0 heterocycles. The summed E-state index contributed by atoms with van der Waals surface area (Å²) in [5, 5.41) is 19.4. The quantitative estimate of drug-likeness (QED) is 0.770. The lowest BCUT2D eigenvalue weighted by Crippen LogP contribution is -2.18. The highest BCUT2D eigenvalue weighted by Crippen LogP contribution is 2.20. The molecular formula is C12H18O2. The zero-order valence-corrected chi connectivity index (χ0v) is 8.72. The summed E-state index contributed by atoms with van der Waals surface area (Å²) in [5.74, 6) is 0.188. The molecule has 2 heteroatoms. The minimum atomic E-state index is -0.561. The van der Waals surface area contributed by atoms with E-state index in [0.717, 1.165) is 5.56 Å². The van der Waals surface area contributed by atoms with Crippen molar-refractivity contribution in [1.29, 1.82) is 0 Å². The molecule has 0 bridgehead atoms. The average Bonchev–Trinajstić information content (AvgIpc) is 2.19. The lowest BCUT2D eigenvalue weighted by atomic mass is 9.97. The summed E-state index contributed by atoms with van der Waals surface area (Å²) in [4.78, 5) is 0. The van der Waals surface area contributed by atoms with Crippen molar-refractivity contribution in [2.45, 2.75) is 32.5 Å². The lowest BCUT2D eigenvalue weighted by Gasteiger charge is -2.18. The van der Waals surface area contributed by atoms with Crippen LogP contribution >= 0.6 is 0 Å². The van der Waals surface area contributed by atoms with E-state index in [0.29, 0.717) is 6.42 Å². The monoisotopic (exact) mass is 194 g/mol. The Bertz CT molecular complexity index is 256. The van der Waals surface area contributed by atoms with Crippen molar-refractivity contribution in [2.24, 2.45) is 5.92 Å². The third-order valence-corrected chi connectivity index (χ3v) is 2.42. The molecule has 2 N–H and O–H groups in total. The van der Waals surface area contributed by atoms with Crippen molar-refractivity contribution >= 4 is 0 Å². The first-order valence-electron chi connectivity index (χ1n) is 5.02. The molecule has 0 aromatic heterocycles. The zero-order valence-electron chi connectivity index (χ0n) is 8.72. The number of rotatable bonds is 4.